The molecular formula is C16H24N4S. The van der Waals surface area contributed by atoms with Crippen molar-refractivity contribution in [3.05, 3.63) is 10.9 Å². The first-order chi connectivity index (χ1) is 9.99. The number of hydrogen-bond acceptors (Lipinski definition) is 5. The van der Waals surface area contributed by atoms with Crippen LogP contribution < -0.4 is 10.6 Å². The van der Waals surface area contributed by atoms with Crippen molar-refractivity contribution in [2.24, 2.45) is 5.41 Å². The summed E-state index contributed by atoms with van der Waals surface area (Å²) in [6, 6.07) is 2.67. The second kappa shape index (κ2) is 5.44. The number of rotatable bonds is 3. The summed E-state index contributed by atoms with van der Waals surface area (Å²) in [5, 5.41) is 7.94. The first-order valence-electron chi connectivity index (χ1n) is 7.72. The van der Waals surface area contributed by atoms with Gasteiger partial charge < -0.3 is 10.6 Å². The van der Waals surface area contributed by atoms with Gasteiger partial charge in [-0.1, -0.05) is 26.7 Å². The molecule has 0 amide bonds. The van der Waals surface area contributed by atoms with Crippen LogP contribution in [0.5, 0.6) is 0 Å². The van der Waals surface area contributed by atoms with Gasteiger partial charge in [-0.05, 0) is 31.2 Å². The van der Waals surface area contributed by atoms with Gasteiger partial charge in [0.15, 0.2) is 0 Å². The largest absolute Gasteiger partial charge is 0.366 e. The lowest BCUT2D eigenvalue weighted by Crippen LogP contribution is -2.39. The quantitative estimate of drug-likeness (QED) is 0.881. The van der Waals surface area contributed by atoms with Gasteiger partial charge in [0, 0.05) is 18.0 Å². The molecule has 1 atom stereocenters. The summed E-state index contributed by atoms with van der Waals surface area (Å²) in [5.74, 6) is 1.68. The van der Waals surface area contributed by atoms with Gasteiger partial charge in [0.1, 0.15) is 10.6 Å². The van der Waals surface area contributed by atoms with Crippen LogP contribution in [0.4, 0.5) is 11.8 Å². The molecule has 21 heavy (non-hydrogen) atoms. The molecule has 2 N–H and O–H groups in total. The van der Waals surface area contributed by atoms with Crippen LogP contribution in [0, 0.1) is 12.3 Å². The van der Waals surface area contributed by atoms with Crippen molar-refractivity contribution in [1.29, 1.82) is 0 Å². The molecular weight excluding hydrogens is 280 g/mol. The molecule has 2 heterocycles. The SMILES string of the molecule is CNc1nc(NC2CCCCC2(C)C)c2cc(C)sc2n1. The van der Waals surface area contributed by atoms with Crippen molar-refractivity contribution < 1.29 is 0 Å². The number of thiophene rings is 1. The fraction of sp³-hybridized carbons (Fsp3) is 0.625. The lowest BCUT2D eigenvalue weighted by molar-refractivity contribution is 0.217. The Kier molecular flexibility index (Phi) is 3.78. The number of aryl methyl sites for hydroxylation is 1. The molecule has 4 nitrogen and oxygen atoms in total. The van der Waals surface area contributed by atoms with E-state index in [-0.39, 0.29) is 0 Å². The second-order valence-electron chi connectivity index (χ2n) is 6.65. The van der Waals surface area contributed by atoms with Crippen molar-refractivity contribution in [2.75, 3.05) is 17.7 Å². The lowest BCUT2D eigenvalue weighted by Gasteiger charge is -2.39. The fourth-order valence-corrected chi connectivity index (χ4v) is 4.07. The number of nitrogens with zero attached hydrogens (tertiary/aromatic N) is 2. The molecule has 1 unspecified atom stereocenters. The second-order valence-corrected chi connectivity index (χ2v) is 7.89. The third-order valence-corrected chi connectivity index (χ3v) is 5.50. The molecule has 0 aliphatic heterocycles. The predicted molar refractivity (Wildman–Crippen MR) is 91.4 cm³/mol. The van der Waals surface area contributed by atoms with E-state index in [1.165, 1.54) is 30.6 Å². The summed E-state index contributed by atoms with van der Waals surface area (Å²) < 4.78 is 0. The zero-order valence-electron chi connectivity index (χ0n) is 13.3. The van der Waals surface area contributed by atoms with Crippen molar-refractivity contribution in [3.63, 3.8) is 0 Å². The Labute approximate surface area is 130 Å². The van der Waals surface area contributed by atoms with Gasteiger partial charge in [0.2, 0.25) is 5.95 Å². The Morgan fingerprint density at radius 1 is 1.29 bits per heavy atom. The van der Waals surface area contributed by atoms with Crippen LogP contribution >= 0.6 is 11.3 Å². The molecule has 0 bridgehead atoms. The van der Waals surface area contributed by atoms with Crippen LogP contribution in [0.25, 0.3) is 10.2 Å². The van der Waals surface area contributed by atoms with Crippen molar-refractivity contribution >= 4 is 33.3 Å². The average Bonchev–Trinajstić information content (AvgIpc) is 2.81. The van der Waals surface area contributed by atoms with Crippen LogP contribution in [0.3, 0.4) is 0 Å². The van der Waals surface area contributed by atoms with E-state index in [1.807, 2.05) is 7.05 Å². The van der Waals surface area contributed by atoms with E-state index in [9.17, 15) is 0 Å². The molecule has 2 aromatic heterocycles. The van der Waals surface area contributed by atoms with E-state index in [2.05, 4.69) is 47.4 Å². The Balaban J connectivity index is 1.98. The van der Waals surface area contributed by atoms with E-state index < -0.39 is 0 Å². The van der Waals surface area contributed by atoms with Crippen LogP contribution in [0.2, 0.25) is 0 Å². The van der Waals surface area contributed by atoms with E-state index >= 15 is 0 Å². The maximum atomic E-state index is 4.67. The van der Waals surface area contributed by atoms with Gasteiger partial charge >= 0.3 is 0 Å². The zero-order chi connectivity index (χ0) is 15.0. The maximum absolute atomic E-state index is 4.67. The van der Waals surface area contributed by atoms with Crippen LogP contribution in [-0.2, 0) is 0 Å². The molecule has 1 aliphatic carbocycles. The van der Waals surface area contributed by atoms with Gasteiger partial charge in [0.05, 0.1) is 5.39 Å². The van der Waals surface area contributed by atoms with Gasteiger partial charge in [0.25, 0.3) is 0 Å². The number of aromatic nitrogens is 2. The summed E-state index contributed by atoms with van der Waals surface area (Å²) in [5.41, 5.74) is 0.320. The molecule has 2 aromatic rings. The standard InChI is InChI=1S/C16H24N4S/c1-10-9-11-13(19-15(17-4)20-14(11)21-10)18-12-7-5-6-8-16(12,2)3/h9,12H,5-8H2,1-4H3,(H2,17,18,19,20). The normalized spacial score (nSPS) is 21.4. The zero-order valence-corrected chi connectivity index (χ0v) is 14.1. The Morgan fingerprint density at radius 2 is 2.10 bits per heavy atom. The van der Waals surface area contributed by atoms with Gasteiger partial charge in [-0.15, -0.1) is 11.3 Å². The summed E-state index contributed by atoms with van der Waals surface area (Å²) in [6.45, 7) is 6.85. The Bertz CT molecular complexity index is 647. The van der Waals surface area contributed by atoms with Gasteiger partial charge in [-0.3, -0.25) is 0 Å². The van der Waals surface area contributed by atoms with Crippen molar-refractivity contribution in [3.8, 4) is 0 Å². The summed E-state index contributed by atoms with van der Waals surface area (Å²) in [4.78, 5) is 11.6. The minimum atomic E-state index is 0.320. The minimum Gasteiger partial charge on any atom is -0.366 e. The number of hydrogen-bond donors (Lipinski definition) is 2. The lowest BCUT2D eigenvalue weighted by atomic mass is 9.73. The van der Waals surface area contributed by atoms with Gasteiger partial charge in [-0.25, -0.2) is 4.98 Å². The van der Waals surface area contributed by atoms with Crippen LogP contribution in [0.15, 0.2) is 6.07 Å². The molecule has 0 aromatic carbocycles. The first kappa shape index (κ1) is 14.6. The molecule has 1 saturated carbocycles. The van der Waals surface area contributed by atoms with E-state index in [1.54, 1.807) is 11.3 Å². The first-order valence-corrected chi connectivity index (χ1v) is 8.54. The molecule has 0 spiro atoms. The van der Waals surface area contributed by atoms with Crippen LogP contribution in [-0.4, -0.2) is 23.1 Å². The topological polar surface area (TPSA) is 49.8 Å². The van der Waals surface area contributed by atoms with E-state index in [4.69, 9.17) is 0 Å². The van der Waals surface area contributed by atoms with Crippen molar-refractivity contribution in [2.45, 2.75) is 52.5 Å². The smallest absolute Gasteiger partial charge is 0.225 e. The molecule has 114 valence electrons. The third kappa shape index (κ3) is 2.84. The minimum absolute atomic E-state index is 0.320. The molecule has 1 fully saturated rings. The maximum Gasteiger partial charge on any atom is 0.225 e. The van der Waals surface area contributed by atoms with Crippen LogP contribution in [0.1, 0.15) is 44.4 Å². The summed E-state index contributed by atoms with van der Waals surface area (Å²) >= 11 is 1.73. The predicted octanol–water partition coefficient (Wildman–Crippen LogP) is 4.42. The number of fused-ring (bicyclic) bond motifs is 1. The average molecular weight is 304 g/mol. The third-order valence-electron chi connectivity index (χ3n) is 4.56. The summed E-state index contributed by atoms with van der Waals surface area (Å²) in [6.07, 6.45) is 5.14. The highest BCUT2D eigenvalue weighted by Gasteiger charge is 2.32. The Hall–Kier alpha value is -1.36. The number of nitrogens with one attached hydrogen (secondary N) is 2. The molecule has 1 aliphatic rings. The summed E-state index contributed by atoms with van der Waals surface area (Å²) in [7, 11) is 1.87. The highest BCUT2D eigenvalue weighted by Crippen LogP contribution is 2.38. The van der Waals surface area contributed by atoms with Crippen molar-refractivity contribution in [1.82, 2.24) is 9.97 Å². The highest BCUT2D eigenvalue weighted by molar-refractivity contribution is 7.18. The highest BCUT2D eigenvalue weighted by atomic mass is 32.1. The fourth-order valence-electron chi connectivity index (χ4n) is 3.19. The monoisotopic (exact) mass is 304 g/mol. The molecule has 3 rings (SSSR count). The van der Waals surface area contributed by atoms with E-state index in [0.717, 1.165) is 16.0 Å². The van der Waals surface area contributed by atoms with E-state index in [0.29, 0.717) is 17.4 Å². The Morgan fingerprint density at radius 3 is 2.81 bits per heavy atom. The molecule has 0 radical (unpaired) electrons. The molecule has 0 saturated heterocycles. The number of anilines is 2. The van der Waals surface area contributed by atoms with Gasteiger partial charge in [-0.2, -0.15) is 4.98 Å². The molecule has 5 heteroatoms.